The average Bonchev–Trinajstić information content (AvgIpc) is 2.94. The minimum absolute atomic E-state index is 0.121. The molecule has 0 spiro atoms. The maximum atomic E-state index is 12.6. The number of hydrogen-bond acceptors (Lipinski definition) is 3. The Kier molecular flexibility index (Phi) is 3.92. The summed E-state index contributed by atoms with van der Waals surface area (Å²) in [4.78, 5) is 17.0. The highest BCUT2D eigenvalue weighted by Gasteiger charge is 2.22. The summed E-state index contributed by atoms with van der Waals surface area (Å²) in [6, 6.07) is 5.73. The zero-order valence-corrected chi connectivity index (χ0v) is 12.7. The van der Waals surface area contributed by atoms with Gasteiger partial charge in [0.25, 0.3) is 5.91 Å². The monoisotopic (exact) mass is 286 g/mol. The van der Waals surface area contributed by atoms with Crippen LogP contribution in [0.1, 0.15) is 24.2 Å². The fraction of sp³-hybridized carbons (Fsp3) is 0.500. The minimum atomic E-state index is 0.121. The maximum Gasteiger partial charge on any atom is 0.254 e. The van der Waals surface area contributed by atoms with Crippen LogP contribution in [0, 0.1) is 5.92 Å². The Morgan fingerprint density at radius 1 is 1.29 bits per heavy atom. The van der Waals surface area contributed by atoms with Crippen LogP contribution < -0.4 is 0 Å². The van der Waals surface area contributed by atoms with Gasteiger partial charge in [-0.25, -0.2) is 0 Å². The van der Waals surface area contributed by atoms with E-state index < -0.39 is 0 Å². The molecule has 0 bridgehead atoms. The van der Waals surface area contributed by atoms with E-state index >= 15 is 0 Å². The van der Waals surface area contributed by atoms with Crippen LogP contribution in [0.25, 0.3) is 10.9 Å². The number of hydrogen-bond donors (Lipinski definition) is 1. The lowest BCUT2D eigenvalue weighted by Gasteiger charge is -2.35. The maximum absolute atomic E-state index is 12.6. The number of benzene rings is 1. The van der Waals surface area contributed by atoms with Gasteiger partial charge in [-0.3, -0.25) is 14.8 Å². The Labute approximate surface area is 124 Å². The van der Waals surface area contributed by atoms with Crippen molar-refractivity contribution in [2.45, 2.75) is 13.8 Å². The molecule has 1 aromatic carbocycles. The van der Waals surface area contributed by atoms with Crippen LogP contribution in [0.4, 0.5) is 0 Å². The van der Waals surface area contributed by atoms with Gasteiger partial charge >= 0.3 is 0 Å². The van der Waals surface area contributed by atoms with E-state index in [9.17, 15) is 4.79 Å². The first-order chi connectivity index (χ1) is 10.1. The molecule has 1 fully saturated rings. The van der Waals surface area contributed by atoms with E-state index in [0.717, 1.165) is 49.2 Å². The Balaban J connectivity index is 1.66. The van der Waals surface area contributed by atoms with E-state index in [2.05, 4.69) is 28.9 Å². The second-order valence-corrected chi connectivity index (χ2v) is 6.16. The Morgan fingerprint density at radius 3 is 2.76 bits per heavy atom. The predicted octanol–water partition coefficient (Wildman–Crippen LogP) is 1.98. The number of piperazine rings is 1. The fourth-order valence-electron chi connectivity index (χ4n) is 2.90. The van der Waals surface area contributed by atoms with E-state index in [4.69, 9.17) is 0 Å². The standard InChI is InChI=1S/C16H22N4O/c1-12(2)11-19-5-7-20(8-6-19)16(21)13-3-4-14-10-17-18-15(14)9-13/h3-4,9-10,12H,5-8,11H2,1-2H3,(H,17,18). The quantitative estimate of drug-likeness (QED) is 0.938. The lowest BCUT2D eigenvalue weighted by Crippen LogP contribution is -2.49. The highest BCUT2D eigenvalue weighted by atomic mass is 16.2. The highest BCUT2D eigenvalue weighted by molar-refractivity contribution is 5.97. The van der Waals surface area contributed by atoms with Crippen LogP contribution in [0.3, 0.4) is 0 Å². The topological polar surface area (TPSA) is 52.2 Å². The molecule has 1 aliphatic heterocycles. The number of amides is 1. The molecule has 0 unspecified atom stereocenters. The van der Waals surface area contributed by atoms with Crippen LogP contribution in [0.2, 0.25) is 0 Å². The van der Waals surface area contributed by atoms with Crippen molar-refractivity contribution >= 4 is 16.8 Å². The van der Waals surface area contributed by atoms with Gasteiger partial charge in [0.1, 0.15) is 0 Å². The Morgan fingerprint density at radius 2 is 2.05 bits per heavy atom. The van der Waals surface area contributed by atoms with Gasteiger partial charge in [-0.2, -0.15) is 5.10 Å². The lowest BCUT2D eigenvalue weighted by atomic mass is 10.1. The molecule has 1 aromatic heterocycles. The predicted molar refractivity (Wildman–Crippen MR) is 83.3 cm³/mol. The minimum Gasteiger partial charge on any atom is -0.336 e. The van der Waals surface area contributed by atoms with Crippen molar-refractivity contribution in [3.8, 4) is 0 Å². The molecule has 0 atom stereocenters. The van der Waals surface area contributed by atoms with Crippen molar-refractivity contribution in [1.82, 2.24) is 20.0 Å². The molecule has 3 rings (SSSR count). The van der Waals surface area contributed by atoms with Crippen molar-refractivity contribution in [3.05, 3.63) is 30.0 Å². The van der Waals surface area contributed by atoms with Crippen molar-refractivity contribution in [3.63, 3.8) is 0 Å². The Bertz CT molecular complexity index is 626. The van der Waals surface area contributed by atoms with Crippen LogP contribution in [0.15, 0.2) is 24.4 Å². The first-order valence-corrected chi connectivity index (χ1v) is 7.58. The number of nitrogens with one attached hydrogen (secondary N) is 1. The van der Waals surface area contributed by atoms with Gasteiger partial charge in [-0.05, 0) is 18.1 Å². The molecule has 21 heavy (non-hydrogen) atoms. The molecule has 2 aromatic rings. The summed E-state index contributed by atoms with van der Waals surface area (Å²) in [7, 11) is 0. The van der Waals surface area contributed by atoms with E-state index in [-0.39, 0.29) is 5.91 Å². The number of aromatic nitrogens is 2. The van der Waals surface area contributed by atoms with Gasteiger partial charge in [0.15, 0.2) is 0 Å². The molecule has 5 nitrogen and oxygen atoms in total. The molecule has 1 aliphatic rings. The third-order valence-electron chi connectivity index (χ3n) is 3.97. The van der Waals surface area contributed by atoms with Crippen LogP contribution >= 0.6 is 0 Å². The van der Waals surface area contributed by atoms with Crippen molar-refractivity contribution in [2.75, 3.05) is 32.7 Å². The van der Waals surface area contributed by atoms with Crippen molar-refractivity contribution < 1.29 is 4.79 Å². The van der Waals surface area contributed by atoms with Gasteiger partial charge in [0.05, 0.1) is 11.7 Å². The average molecular weight is 286 g/mol. The van der Waals surface area contributed by atoms with Gasteiger partial charge in [0.2, 0.25) is 0 Å². The molecular weight excluding hydrogens is 264 g/mol. The number of rotatable bonds is 3. The summed E-state index contributed by atoms with van der Waals surface area (Å²) in [5.74, 6) is 0.797. The van der Waals surface area contributed by atoms with Gasteiger partial charge in [-0.15, -0.1) is 0 Å². The molecule has 0 aliphatic carbocycles. The Hall–Kier alpha value is -1.88. The molecule has 1 N–H and O–H groups in total. The van der Waals surface area contributed by atoms with Crippen molar-refractivity contribution in [1.29, 1.82) is 0 Å². The second-order valence-electron chi connectivity index (χ2n) is 6.16. The van der Waals surface area contributed by atoms with E-state index in [1.165, 1.54) is 0 Å². The highest BCUT2D eigenvalue weighted by Crippen LogP contribution is 2.15. The van der Waals surface area contributed by atoms with Gasteiger partial charge in [-0.1, -0.05) is 19.9 Å². The van der Waals surface area contributed by atoms with Crippen LogP contribution in [-0.2, 0) is 0 Å². The molecule has 112 valence electrons. The second kappa shape index (κ2) is 5.85. The van der Waals surface area contributed by atoms with Crippen LogP contribution in [0.5, 0.6) is 0 Å². The van der Waals surface area contributed by atoms with Gasteiger partial charge < -0.3 is 4.90 Å². The number of fused-ring (bicyclic) bond motifs is 1. The van der Waals surface area contributed by atoms with Crippen molar-refractivity contribution in [2.24, 2.45) is 5.92 Å². The summed E-state index contributed by atoms with van der Waals surface area (Å²) >= 11 is 0. The number of carbonyl (C=O) groups excluding carboxylic acids is 1. The zero-order chi connectivity index (χ0) is 14.8. The number of carbonyl (C=O) groups is 1. The fourth-order valence-corrected chi connectivity index (χ4v) is 2.90. The van der Waals surface area contributed by atoms with E-state index in [1.807, 2.05) is 23.1 Å². The summed E-state index contributed by atoms with van der Waals surface area (Å²) in [5.41, 5.74) is 1.66. The van der Waals surface area contributed by atoms with E-state index in [1.54, 1.807) is 6.20 Å². The zero-order valence-electron chi connectivity index (χ0n) is 12.7. The summed E-state index contributed by atoms with van der Waals surface area (Å²) in [6.45, 7) is 9.14. The number of aromatic amines is 1. The molecule has 5 heteroatoms. The van der Waals surface area contributed by atoms with Gasteiger partial charge in [0, 0.05) is 43.7 Å². The summed E-state index contributed by atoms with van der Waals surface area (Å²) in [6.07, 6.45) is 1.77. The third-order valence-corrected chi connectivity index (χ3v) is 3.97. The normalized spacial score (nSPS) is 16.8. The molecular formula is C16H22N4O. The smallest absolute Gasteiger partial charge is 0.254 e. The molecule has 0 saturated carbocycles. The summed E-state index contributed by atoms with van der Waals surface area (Å²) in [5, 5.41) is 7.95. The lowest BCUT2D eigenvalue weighted by molar-refractivity contribution is 0.0624. The van der Waals surface area contributed by atoms with E-state index in [0.29, 0.717) is 5.92 Å². The first kappa shape index (κ1) is 14.1. The molecule has 2 heterocycles. The number of H-pyrrole nitrogens is 1. The first-order valence-electron chi connectivity index (χ1n) is 7.58. The largest absolute Gasteiger partial charge is 0.336 e. The number of nitrogens with zero attached hydrogens (tertiary/aromatic N) is 3. The van der Waals surface area contributed by atoms with Crippen LogP contribution in [-0.4, -0.2) is 58.6 Å². The molecule has 1 amide bonds. The third kappa shape index (κ3) is 3.08. The molecule has 0 radical (unpaired) electrons. The molecule has 1 saturated heterocycles. The summed E-state index contributed by atoms with van der Waals surface area (Å²) < 4.78 is 0. The SMILES string of the molecule is CC(C)CN1CCN(C(=O)c2ccc3cn[nH]c3c2)CC1.